The topological polar surface area (TPSA) is 25.7 Å². The van der Waals surface area contributed by atoms with Crippen molar-refractivity contribution in [2.75, 3.05) is 0 Å². The molecule has 0 aliphatic rings. The Bertz CT molecular complexity index is 197. The average Bonchev–Trinajstić information content (AvgIpc) is 1.95. The molecule has 0 radical (unpaired) electrons. The zero-order chi connectivity index (χ0) is 7.40. The van der Waals surface area contributed by atoms with E-state index in [-0.39, 0.29) is 5.82 Å². The molecule has 1 aromatic rings. The molecule has 0 saturated heterocycles. The molecular weight excluding hydrogens is 133 g/mol. The molecule has 0 spiro atoms. The van der Waals surface area contributed by atoms with E-state index >= 15 is 0 Å². The van der Waals surface area contributed by atoms with Gasteiger partial charge in [0.25, 0.3) is 0 Å². The molecule has 1 aromatic heterocycles. The first-order chi connectivity index (χ1) is 4.83. The van der Waals surface area contributed by atoms with E-state index in [9.17, 15) is 4.39 Å². The fourth-order valence-electron chi connectivity index (χ4n) is 0.615. The lowest BCUT2D eigenvalue weighted by atomic mass is 10.4. The summed E-state index contributed by atoms with van der Waals surface area (Å²) in [6.45, 7) is 0.445. The standard InChI is InChI=1S/C7H8FNO/c1-10-5-7-3-2-6(8)4-9-7/h2-4,10H,1,5H2. The molecule has 0 amide bonds. The van der Waals surface area contributed by atoms with Gasteiger partial charge in [-0.3, -0.25) is 4.98 Å². The molecule has 3 heteroatoms. The normalized spacial score (nSPS) is 9.80. The van der Waals surface area contributed by atoms with Crippen LogP contribution in [-0.4, -0.2) is 9.72 Å². The first-order valence-electron chi connectivity index (χ1n) is 2.86. The Kier molecular flexibility index (Phi) is 2.34. The molecule has 0 aliphatic heterocycles. The number of aliphatic hydroxyl groups is 2. The molecule has 54 valence electrons. The lowest BCUT2D eigenvalue weighted by Crippen LogP contribution is -1.93. The van der Waals surface area contributed by atoms with Gasteiger partial charge in [-0.2, -0.15) is 0 Å². The van der Waals surface area contributed by atoms with Crippen molar-refractivity contribution in [3.8, 4) is 0 Å². The van der Waals surface area contributed by atoms with Gasteiger partial charge in [0.1, 0.15) is 11.5 Å². The molecule has 0 saturated carbocycles. The molecule has 1 rings (SSSR count). The van der Waals surface area contributed by atoms with E-state index in [0.29, 0.717) is 6.61 Å². The SMILES string of the molecule is [CH2-][OH+]Cc1ccc(F)cn1. The van der Waals surface area contributed by atoms with Gasteiger partial charge in [-0.25, -0.2) is 4.39 Å². The fourth-order valence-corrected chi connectivity index (χ4v) is 0.615. The van der Waals surface area contributed by atoms with Gasteiger partial charge < -0.3 is 4.74 Å². The second kappa shape index (κ2) is 3.27. The maximum atomic E-state index is 12.2. The van der Waals surface area contributed by atoms with Crippen molar-refractivity contribution in [2.24, 2.45) is 0 Å². The van der Waals surface area contributed by atoms with E-state index in [1.54, 1.807) is 6.07 Å². The van der Waals surface area contributed by atoms with Crippen LogP contribution in [-0.2, 0) is 6.61 Å². The van der Waals surface area contributed by atoms with Crippen molar-refractivity contribution in [1.29, 1.82) is 0 Å². The lowest BCUT2D eigenvalue weighted by Gasteiger charge is -1.97. The fraction of sp³-hybridized carbons (Fsp3) is 0.143. The minimum Gasteiger partial charge on any atom is -0.577 e. The van der Waals surface area contributed by atoms with Gasteiger partial charge in [-0.1, -0.05) is 7.11 Å². The highest BCUT2D eigenvalue weighted by molar-refractivity contribution is 5.03. The Balaban J connectivity index is 2.69. The third-order valence-corrected chi connectivity index (χ3v) is 1.06. The van der Waals surface area contributed by atoms with Gasteiger partial charge in [0.05, 0.1) is 6.20 Å². The monoisotopic (exact) mass is 141 g/mol. The van der Waals surface area contributed by atoms with Crippen LogP contribution in [0.15, 0.2) is 18.3 Å². The number of pyridine rings is 1. The van der Waals surface area contributed by atoms with Crippen molar-refractivity contribution < 1.29 is 9.13 Å². The molecule has 0 atom stereocenters. The number of nitrogens with zero attached hydrogens (tertiary/aromatic N) is 1. The van der Waals surface area contributed by atoms with Gasteiger partial charge in [0.2, 0.25) is 0 Å². The van der Waals surface area contributed by atoms with Gasteiger partial charge in [0, 0.05) is 0 Å². The van der Waals surface area contributed by atoms with Crippen molar-refractivity contribution in [3.63, 3.8) is 0 Å². The molecule has 1 N–H and O–H groups in total. The van der Waals surface area contributed by atoms with E-state index in [2.05, 4.69) is 16.8 Å². The van der Waals surface area contributed by atoms with E-state index in [1.165, 1.54) is 12.3 Å². The van der Waals surface area contributed by atoms with E-state index < -0.39 is 0 Å². The number of aromatic nitrogens is 1. The minimum atomic E-state index is -0.326. The highest BCUT2D eigenvalue weighted by Gasteiger charge is 1.93. The zero-order valence-electron chi connectivity index (χ0n) is 5.42. The summed E-state index contributed by atoms with van der Waals surface area (Å²) in [5.74, 6) is -0.326. The number of hydrogen-bond acceptors (Lipinski definition) is 1. The Hall–Kier alpha value is -0.960. The Morgan fingerprint density at radius 1 is 1.60 bits per heavy atom. The predicted octanol–water partition coefficient (Wildman–Crippen LogP) is 1.04. The summed E-state index contributed by atoms with van der Waals surface area (Å²) < 4.78 is 15.8. The zero-order valence-corrected chi connectivity index (χ0v) is 5.42. The third-order valence-electron chi connectivity index (χ3n) is 1.06. The first kappa shape index (κ1) is 7.15. The third kappa shape index (κ3) is 1.77. The van der Waals surface area contributed by atoms with E-state index in [1.807, 2.05) is 0 Å². The van der Waals surface area contributed by atoms with Crippen LogP contribution in [0.1, 0.15) is 5.69 Å². The van der Waals surface area contributed by atoms with Crippen LogP contribution in [0.4, 0.5) is 4.39 Å². The average molecular weight is 141 g/mol. The van der Waals surface area contributed by atoms with Crippen molar-refractivity contribution >= 4 is 0 Å². The predicted molar refractivity (Wildman–Crippen MR) is 35.5 cm³/mol. The van der Waals surface area contributed by atoms with Gasteiger partial charge >= 0.3 is 0 Å². The van der Waals surface area contributed by atoms with Crippen LogP contribution in [0.5, 0.6) is 0 Å². The summed E-state index contributed by atoms with van der Waals surface area (Å²) in [4.78, 5) is 3.76. The maximum absolute atomic E-state index is 12.2. The molecule has 0 aliphatic carbocycles. The lowest BCUT2D eigenvalue weighted by molar-refractivity contribution is 0.0376. The molecular formula is C7H8FNO. The molecule has 1 heterocycles. The van der Waals surface area contributed by atoms with Crippen LogP contribution in [0.3, 0.4) is 0 Å². The second-order valence-corrected chi connectivity index (χ2v) is 1.85. The molecule has 2 nitrogen and oxygen atoms in total. The summed E-state index contributed by atoms with van der Waals surface area (Å²) in [6.07, 6.45) is 1.17. The summed E-state index contributed by atoms with van der Waals surface area (Å²) in [6, 6.07) is 2.94. The van der Waals surface area contributed by atoms with Gasteiger partial charge in [-0.05, 0) is 12.1 Å². The van der Waals surface area contributed by atoms with Crippen LogP contribution < -0.4 is 0 Å². The number of hydrogen-bond donors (Lipinski definition) is 0. The van der Waals surface area contributed by atoms with E-state index in [0.717, 1.165) is 5.69 Å². The minimum absolute atomic E-state index is 0.326. The Morgan fingerprint density at radius 3 is 2.90 bits per heavy atom. The van der Waals surface area contributed by atoms with Crippen LogP contribution >= 0.6 is 0 Å². The Labute approximate surface area is 58.7 Å². The second-order valence-electron chi connectivity index (χ2n) is 1.85. The number of halogens is 1. The van der Waals surface area contributed by atoms with Crippen molar-refractivity contribution in [2.45, 2.75) is 6.61 Å². The quantitative estimate of drug-likeness (QED) is 0.446. The molecule has 0 bridgehead atoms. The van der Waals surface area contributed by atoms with Crippen LogP contribution in [0.25, 0.3) is 0 Å². The number of rotatable bonds is 2. The van der Waals surface area contributed by atoms with E-state index in [4.69, 9.17) is 0 Å². The maximum Gasteiger partial charge on any atom is 0.162 e. The van der Waals surface area contributed by atoms with Crippen molar-refractivity contribution in [1.82, 2.24) is 4.98 Å². The van der Waals surface area contributed by atoms with Crippen LogP contribution in [0.2, 0.25) is 0 Å². The number of ether oxygens (including phenoxy) is 1. The molecule has 0 fully saturated rings. The summed E-state index contributed by atoms with van der Waals surface area (Å²) in [5, 5.41) is 0. The van der Waals surface area contributed by atoms with Gasteiger partial charge in [0.15, 0.2) is 6.61 Å². The highest BCUT2D eigenvalue weighted by atomic mass is 19.1. The van der Waals surface area contributed by atoms with Crippen molar-refractivity contribution in [3.05, 3.63) is 37.0 Å². The molecule has 10 heavy (non-hydrogen) atoms. The Morgan fingerprint density at radius 2 is 2.40 bits per heavy atom. The highest BCUT2D eigenvalue weighted by Crippen LogP contribution is 1.97. The largest absolute Gasteiger partial charge is 0.577 e. The molecule has 0 unspecified atom stereocenters. The first-order valence-corrected chi connectivity index (χ1v) is 2.86. The summed E-state index contributed by atoms with van der Waals surface area (Å²) in [5.41, 5.74) is 0.733. The summed E-state index contributed by atoms with van der Waals surface area (Å²) in [7, 11) is 3.29. The molecule has 0 aromatic carbocycles. The summed E-state index contributed by atoms with van der Waals surface area (Å²) >= 11 is 0. The smallest absolute Gasteiger partial charge is 0.162 e. The van der Waals surface area contributed by atoms with Gasteiger partial charge in [-0.15, -0.1) is 0 Å². The van der Waals surface area contributed by atoms with Crippen LogP contribution in [0, 0.1) is 12.9 Å².